The topological polar surface area (TPSA) is 101 Å². The number of ketones is 1. The number of nitrogens with two attached hydrogens (primary N) is 1. The van der Waals surface area contributed by atoms with Crippen molar-refractivity contribution in [2.75, 3.05) is 19.6 Å². The van der Waals surface area contributed by atoms with Crippen molar-refractivity contribution in [3.63, 3.8) is 0 Å². The Labute approximate surface area is 126 Å². The molecule has 1 saturated carbocycles. The molecule has 1 aliphatic rings. The zero-order valence-electron chi connectivity index (χ0n) is 12.8. The van der Waals surface area contributed by atoms with Gasteiger partial charge in [-0.15, -0.1) is 0 Å². The van der Waals surface area contributed by atoms with Crippen LogP contribution in [0.5, 0.6) is 0 Å². The van der Waals surface area contributed by atoms with Gasteiger partial charge < -0.3 is 21.2 Å². The molecule has 0 aromatic rings. The van der Waals surface area contributed by atoms with Crippen LogP contribution in [0, 0.1) is 11.8 Å². The first-order valence-corrected chi connectivity index (χ1v) is 7.76. The second-order valence-corrected chi connectivity index (χ2v) is 5.82. The van der Waals surface area contributed by atoms with Crippen LogP contribution in [-0.2, 0) is 14.4 Å². The summed E-state index contributed by atoms with van der Waals surface area (Å²) in [5.74, 6) is 0.394. The Kier molecular flexibility index (Phi) is 7.97. The summed E-state index contributed by atoms with van der Waals surface area (Å²) in [6, 6.07) is 0. The quantitative estimate of drug-likeness (QED) is 0.602. The van der Waals surface area contributed by atoms with Gasteiger partial charge >= 0.3 is 0 Å². The minimum Gasteiger partial charge on any atom is -0.356 e. The normalized spacial score (nSPS) is 21.6. The first kappa shape index (κ1) is 17.6. The van der Waals surface area contributed by atoms with Crippen LogP contribution in [0.4, 0.5) is 0 Å². The fraction of sp³-hybridized carbons (Fsp3) is 0.800. The van der Waals surface area contributed by atoms with E-state index in [0.717, 1.165) is 25.7 Å². The van der Waals surface area contributed by atoms with Gasteiger partial charge in [0, 0.05) is 38.4 Å². The summed E-state index contributed by atoms with van der Waals surface area (Å²) in [6.45, 7) is 3.05. The Hall–Kier alpha value is -1.43. The molecule has 6 nitrogen and oxygen atoms in total. The highest BCUT2D eigenvalue weighted by molar-refractivity contribution is 5.83. The van der Waals surface area contributed by atoms with Gasteiger partial charge in [-0.3, -0.25) is 9.59 Å². The molecule has 4 N–H and O–H groups in total. The minimum atomic E-state index is -0.0834. The van der Waals surface area contributed by atoms with E-state index in [9.17, 15) is 14.4 Å². The Bertz CT molecular complexity index is 371. The van der Waals surface area contributed by atoms with Crippen LogP contribution in [0.3, 0.4) is 0 Å². The summed E-state index contributed by atoms with van der Waals surface area (Å²) in [5, 5.41) is 5.70. The van der Waals surface area contributed by atoms with Crippen LogP contribution >= 0.6 is 0 Å². The van der Waals surface area contributed by atoms with Gasteiger partial charge in [0.25, 0.3) is 0 Å². The number of Topliss-reactive ketones (excluding diaryl/α,β-unsaturated/α-hetero) is 1. The third-order valence-electron chi connectivity index (χ3n) is 3.89. The van der Waals surface area contributed by atoms with E-state index in [-0.39, 0.29) is 29.9 Å². The van der Waals surface area contributed by atoms with Gasteiger partial charge in [0.1, 0.15) is 5.78 Å². The number of hydrogen-bond donors (Lipinski definition) is 3. The van der Waals surface area contributed by atoms with Gasteiger partial charge in [0.2, 0.25) is 11.8 Å². The zero-order valence-corrected chi connectivity index (χ0v) is 12.8. The molecule has 1 aliphatic carbocycles. The average Bonchev–Trinajstić information content (AvgIpc) is 2.48. The predicted octanol–water partition coefficient (Wildman–Crippen LogP) is 0.353. The van der Waals surface area contributed by atoms with E-state index in [0.29, 0.717) is 32.0 Å². The maximum atomic E-state index is 11.9. The van der Waals surface area contributed by atoms with Crippen LogP contribution in [0.25, 0.3) is 0 Å². The fourth-order valence-corrected chi connectivity index (χ4v) is 2.69. The highest BCUT2D eigenvalue weighted by Crippen LogP contribution is 2.28. The molecule has 0 aliphatic heterocycles. The molecule has 0 aromatic heterocycles. The molecule has 0 heterocycles. The number of nitrogens with one attached hydrogen (secondary N) is 2. The SMILES string of the molecule is CC(=O)CCC(=O)NCC1CCCC(C(=O)NCCN)C1. The number of carbonyl (C=O) groups is 3. The van der Waals surface area contributed by atoms with Gasteiger partial charge in [-0.1, -0.05) is 6.42 Å². The zero-order chi connectivity index (χ0) is 15.7. The monoisotopic (exact) mass is 297 g/mol. The van der Waals surface area contributed by atoms with Gasteiger partial charge in [0.05, 0.1) is 0 Å². The molecular weight excluding hydrogens is 270 g/mol. The molecular formula is C15H27N3O3. The lowest BCUT2D eigenvalue weighted by molar-refractivity contribution is -0.126. The first-order chi connectivity index (χ1) is 10.0. The Morgan fingerprint density at radius 2 is 1.90 bits per heavy atom. The van der Waals surface area contributed by atoms with Crippen LogP contribution in [0.15, 0.2) is 0 Å². The third-order valence-corrected chi connectivity index (χ3v) is 3.89. The second kappa shape index (κ2) is 9.50. The van der Waals surface area contributed by atoms with Gasteiger partial charge in [-0.05, 0) is 32.1 Å². The van der Waals surface area contributed by atoms with Crippen molar-refractivity contribution < 1.29 is 14.4 Å². The van der Waals surface area contributed by atoms with Gasteiger partial charge in [0.15, 0.2) is 0 Å². The Morgan fingerprint density at radius 1 is 1.14 bits per heavy atom. The van der Waals surface area contributed by atoms with Crippen LogP contribution in [0.1, 0.15) is 45.4 Å². The van der Waals surface area contributed by atoms with Crippen molar-refractivity contribution in [3.05, 3.63) is 0 Å². The summed E-state index contributed by atoms with van der Waals surface area (Å²) in [6.07, 6.45) is 4.31. The third kappa shape index (κ3) is 7.22. The first-order valence-electron chi connectivity index (χ1n) is 7.76. The van der Waals surface area contributed by atoms with E-state index in [1.165, 1.54) is 6.92 Å². The molecule has 21 heavy (non-hydrogen) atoms. The molecule has 1 fully saturated rings. The van der Waals surface area contributed by atoms with E-state index in [2.05, 4.69) is 10.6 Å². The van der Waals surface area contributed by atoms with Crippen molar-refractivity contribution in [1.29, 1.82) is 0 Å². The smallest absolute Gasteiger partial charge is 0.223 e. The largest absolute Gasteiger partial charge is 0.356 e. The van der Waals surface area contributed by atoms with Crippen molar-refractivity contribution in [1.82, 2.24) is 10.6 Å². The Morgan fingerprint density at radius 3 is 2.57 bits per heavy atom. The molecule has 2 atom stereocenters. The van der Waals surface area contributed by atoms with Crippen molar-refractivity contribution >= 4 is 17.6 Å². The number of rotatable bonds is 8. The highest BCUT2D eigenvalue weighted by Gasteiger charge is 2.27. The van der Waals surface area contributed by atoms with E-state index in [1.54, 1.807) is 0 Å². The summed E-state index contributed by atoms with van der Waals surface area (Å²) < 4.78 is 0. The lowest BCUT2D eigenvalue weighted by Gasteiger charge is -2.28. The Balaban J connectivity index is 2.27. The van der Waals surface area contributed by atoms with E-state index >= 15 is 0 Å². The fourth-order valence-electron chi connectivity index (χ4n) is 2.69. The van der Waals surface area contributed by atoms with E-state index in [4.69, 9.17) is 5.73 Å². The summed E-state index contributed by atoms with van der Waals surface area (Å²) in [7, 11) is 0. The minimum absolute atomic E-state index is 0.0273. The number of carbonyl (C=O) groups excluding carboxylic acids is 3. The second-order valence-electron chi connectivity index (χ2n) is 5.82. The maximum absolute atomic E-state index is 11.9. The lowest BCUT2D eigenvalue weighted by atomic mass is 9.81. The molecule has 0 saturated heterocycles. The molecule has 2 amide bonds. The molecule has 0 aromatic carbocycles. The van der Waals surface area contributed by atoms with Crippen molar-refractivity contribution in [2.24, 2.45) is 17.6 Å². The molecule has 0 radical (unpaired) electrons. The van der Waals surface area contributed by atoms with Crippen molar-refractivity contribution in [2.45, 2.75) is 45.4 Å². The van der Waals surface area contributed by atoms with Crippen LogP contribution in [-0.4, -0.2) is 37.2 Å². The number of hydrogen-bond acceptors (Lipinski definition) is 4. The highest BCUT2D eigenvalue weighted by atomic mass is 16.2. The standard InChI is InChI=1S/C15H27N3O3/c1-11(19)5-6-14(20)18-10-12-3-2-4-13(9-12)15(21)17-8-7-16/h12-13H,2-10,16H2,1H3,(H,17,21)(H,18,20). The van der Waals surface area contributed by atoms with E-state index in [1.807, 2.05) is 0 Å². The maximum Gasteiger partial charge on any atom is 0.223 e. The van der Waals surface area contributed by atoms with Crippen LogP contribution < -0.4 is 16.4 Å². The lowest BCUT2D eigenvalue weighted by Crippen LogP contribution is -2.38. The van der Waals surface area contributed by atoms with Gasteiger partial charge in [-0.2, -0.15) is 0 Å². The van der Waals surface area contributed by atoms with Crippen molar-refractivity contribution in [3.8, 4) is 0 Å². The summed E-state index contributed by atoms with van der Waals surface area (Å²) >= 11 is 0. The predicted molar refractivity (Wildman–Crippen MR) is 80.4 cm³/mol. The van der Waals surface area contributed by atoms with E-state index < -0.39 is 0 Å². The van der Waals surface area contributed by atoms with Gasteiger partial charge in [-0.25, -0.2) is 0 Å². The summed E-state index contributed by atoms with van der Waals surface area (Å²) in [5.41, 5.74) is 5.38. The molecule has 1 rings (SSSR count). The molecule has 0 bridgehead atoms. The summed E-state index contributed by atoms with van der Waals surface area (Å²) in [4.78, 5) is 34.3. The number of amides is 2. The molecule has 0 spiro atoms. The molecule has 120 valence electrons. The average molecular weight is 297 g/mol. The van der Waals surface area contributed by atoms with Crippen LogP contribution in [0.2, 0.25) is 0 Å². The molecule has 6 heteroatoms. The molecule has 2 unspecified atom stereocenters.